The van der Waals surface area contributed by atoms with Gasteiger partial charge in [-0.25, -0.2) is 14.6 Å². The first-order valence-electron chi connectivity index (χ1n) is 8.88. The van der Waals surface area contributed by atoms with Crippen LogP contribution in [0.15, 0.2) is 12.4 Å². The zero-order valence-electron chi connectivity index (χ0n) is 15.2. The first-order chi connectivity index (χ1) is 12.1. The van der Waals surface area contributed by atoms with Crippen molar-refractivity contribution in [2.75, 3.05) is 24.6 Å². The summed E-state index contributed by atoms with van der Waals surface area (Å²) in [5.74, 6) is 1.54. The number of esters is 1. The highest BCUT2D eigenvalue weighted by Crippen LogP contribution is 2.22. The third-order valence-corrected chi connectivity index (χ3v) is 4.61. The molecule has 0 unspecified atom stereocenters. The molecule has 0 spiro atoms. The molecule has 2 aromatic heterocycles. The topological polar surface area (TPSA) is 73.1 Å². The van der Waals surface area contributed by atoms with E-state index < -0.39 is 0 Å². The van der Waals surface area contributed by atoms with Crippen LogP contribution < -0.4 is 4.90 Å². The molecule has 3 heterocycles. The third kappa shape index (κ3) is 3.81. The molecule has 0 bridgehead atoms. The monoisotopic (exact) mass is 343 g/mol. The largest absolute Gasteiger partial charge is 0.466 e. The number of ether oxygens (including phenoxy) is 1. The molecule has 134 valence electrons. The number of anilines is 1. The molecule has 2 aromatic rings. The van der Waals surface area contributed by atoms with Gasteiger partial charge < -0.3 is 9.64 Å². The van der Waals surface area contributed by atoms with Crippen molar-refractivity contribution in [3.8, 4) is 5.82 Å². The van der Waals surface area contributed by atoms with Crippen LogP contribution in [-0.2, 0) is 16.0 Å². The molecule has 0 saturated carbocycles. The van der Waals surface area contributed by atoms with Gasteiger partial charge in [0.2, 0.25) is 0 Å². The molecule has 1 aliphatic rings. The maximum atomic E-state index is 11.6. The van der Waals surface area contributed by atoms with Crippen molar-refractivity contribution in [3.05, 3.63) is 29.3 Å². The first-order valence-corrected chi connectivity index (χ1v) is 8.88. The third-order valence-electron chi connectivity index (χ3n) is 4.61. The molecule has 0 N–H and O–H groups in total. The zero-order chi connectivity index (χ0) is 17.8. The predicted octanol–water partition coefficient (Wildman–Crippen LogP) is 2.38. The summed E-state index contributed by atoms with van der Waals surface area (Å²) in [6, 6.07) is 1.99. The van der Waals surface area contributed by atoms with Crippen molar-refractivity contribution in [1.82, 2.24) is 19.7 Å². The van der Waals surface area contributed by atoms with Gasteiger partial charge in [0.25, 0.3) is 0 Å². The minimum absolute atomic E-state index is 0.174. The molecule has 1 fully saturated rings. The molecule has 0 amide bonds. The summed E-state index contributed by atoms with van der Waals surface area (Å²) in [6.07, 6.45) is 5.00. The van der Waals surface area contributed by atoms with Crippen LogP contribution in [0.1, 0.15) is 43.1 Å². The molecule has 0 aromatic carbocycles. The second-order valence-corrected chi connectivity index (χ2v) is 6.29. The summed E-state index contributed by atoms with van der Waals surface area (Å²) < 4.78 is 6.86. The predicted molar refractivity (Wildman–Crippen MR) is 95.0 cm³/mol. The number of rotatable bonds is 6. The Bertz CT molecular complexity index is 750. The van der Waals surface area contributed by atoms with Crippen LogP contribution in [0.25, 0.3) is 5.82 Å². The van der Waals surface area contributed by atoms with Crippen molar-refractivity contribution in [3.63, 3.8) is 0 Å². The van der Waals surface area contributed by atoms with Gasteiger partial charge in [0, 0.05) is 31.3 Å². The van der Waals surface area contributed by atoms with Gasteiger partial charge in [0.15, 0.2) is 5.82 Å². The molecule has 1 saturated heterocycles. The molecule has 1 aliphatic heterocycles. The van der Waals surface area contributed by atoms with Crippen LogP contribution in [-0.4, -0.2) is 45.4 Å². The Morgan fingerprint density at radius 2 is 1.92 bits per heavy atom. The van der Waals surface area contributed by atoms with Crippen molar-refractivity contribution >= 4 is 11.8 Å². The summed E-state index contributed by atoms with van der Waals surface area (Å²) in [7, 11) is 0. The standard InChI is InChI=1S/C18H25N5O2/c1-4-25-18(24)8-7-15-13(2)21-23(14(15)3)17-11-16(19-12-20-17)22-9-5-6-10-22/h11-12H,4-10H2,1-3H3. The fourth-order valence-electron chi connectivity index (χ4n) is 3.29. The van der Waals surface area contributed by atoms with Crippen molar-refractivity contribution in [1.29, 1.82) is 0 Å². The minimum Gasteiger partial charge on any atom is -0.466 e. The van der Waals surface area contributed by atoms with E-state index in [9.17, 15) is 4.79 Å². The van der Waals surface area contributed by atoms with Crippen molar-refractivity contribution in [2.24, 2.45) is 0 Å². The van der Waals surface area contributed by atoms with Gasteiger partial charge in [-0.05, 0) is 45.6 Å². The SMILES string of the molecule is CCOC(=O)CCc1c(C)nn(-c2cc(N3CCCC3)ncn2)c1C. The summed E-state index contributed by atoms with van der Waals surface area (Å²) in [5.41, 5.74) is 3.00. The van der Waals surface area contributed by atoms with E-state index in [0.29, 0.717) is 19.4 Å². The second kappa shape index (κ2) is 7.63. The Hall–Kier alpha value is -2.44. The smallest absolute Gasteiger partial charge is 0.306 e. The summed E-state index contributed by atoms with van der Waals surface area (Å²) in [4.78, 5) is 22.7. The van der Waals surface area contributed by atoms with Gasteiger partial charge in [0.1, 0.15) is 12.1 Å². The summed E-state index contributed by atoms with van der Waals surface area (Å²) >= 11 is 0. The fourth-order valence-corrected chi connectivity index (χ4v) is 3.29. The number of nitrogens with zero attached hydrogens (tertiary/aromatic N) is 5. The maximum Gasteiger partial charge on any atom is 0.306 e. The molecule has 0 aliphatic carbocycles. The number of aromatic nitrogens is 4. The Morgan fingerprint density at radius 3 is 2.64 bits per heavy atom. The van der Waals surface area contributed by atoms with Gasteiger partial charge in [-0.2, -0.15) is 5.10 Å². The summed E-state index contributed by atoms with van der Waals surface area (Å²) in [6.45, 7) is 8.29. The molecule has 7 nitrogen and oxygen atoms in total. The molecule has 7 heteroatoms. The molecule has 3 rings (SSSR count). The summed E-state index contributed by atoms with van der Waals surface area (Å²) in [5, 5.41) is 4.63. The van der Waals surface area contributed by atoms with E-state index in [1.807, 2.05) is 31.5 Å². The molecule has 0 atom stereocenters. The molecular formula is C18H25N5O2. The van der Waals surface area contributed by atoms with Crippen LogP contribution in [0.2, 0.25) is 0 Å². The van der Waals surface area contributed by atoms with E-state index in [2.05, 4.69) is 20.0 Å². The van der Waals surface area contributed by atoms with E-state index in [1.54, 1.807) is 6.33 Å². The number of hydrogen-bond acceptors (Lipinski definition) is 6. The normalized spacial score (nSPS) is 14.1. The Kier molecular flexibility index (Phi) is 5.31. The lowest BCUT2D eigenvalue weighted by Gasteiger charge is -2.16. The Balaban J connectivity index is 1.82. The Labute approximate surface area is 148 Å². The van der Waals surface area contributed by atoms with E-state index in [0.717, 1.165) is 41.7 Å². The van der Waals surface area contributed by atoms with E-state index in [-0.39, 0.29) is 5.97 Å². The van der Waals surface area contributed by atoms with E-state index in [1.165, 1.54) is 12.8 Å². The molecular weight excluding hydrogens is 318 g/mol. The maximum absolute atomic E-state index is 11.6. The van der Waals surface area contributed by atoms with Crippen molar-refractivity contribution < 1.29 is 9.53 Å². The highest BCUT2D eigenvalue weighted by atomic mass is 16.5. The highest BCUT2D eigenvalue weighted by molar-refractivity contribution is 5.69. The van der Waals surface area contributed by atoms with E-state index >= 15 is 0 Å². The van der Waals surface area contributed by atoms with Crippen LogP contribution in [0.4, 0.5) is 5.82 Å². The average Bonchev–Trinajstić information content (AvgIpc) is 3.23. The first kappa shape index (κ1) is 17.4. The number of carbonyl (C=O) groups excluding carboxylic acids is 1. The lowest BCUT2D eigenvalue weighted by atomic mass is 10.1. The van der Waals surface area contributed by atoms with E-state index in [4.69, 9.17) is 4.74 Å². The highest BCUT2D eigenvalue weighted by Gasteiger charge is 2.18. The number of hydrogen-bond donors (Lipinski definition) is 0. The minimum atomic E-state index is -0.174. The van der Waals surface area contributed by atoms with Crippen LogP contribution >= 0.6 is 0 Å². The average molecular weight is 343 g/mol. The van der Waals surface area contributed by atoms with Crippen molar-refractivity contribution in [2.45, 2.75) is 46.5 Å². The quantitative estimate of drug-likeness (QED) is 0.750. The van der Waals surface area contributed by atoms with Crippen LogP contribution in [0, 0.1) is 13.8 Å². The van der Waals surface area contributed by atoms with Gasteiger partial charge in [0.05, 0.1) is 12.3 Å². The second-order valence-electron chi connectivity index (χ2n) is 6.29. The van der Waals surface area contributed by atoms with Crippen LogP contribution in [0.3, 0.4) is 0 Å². The van der Waals surface area contributed by atoms with Crippen LogP contribution in [0.5, 0.6) is 0 Å². The van der Waals surface area contributed by atoms with Gasteiger partial charge in [-0.15, -0.1) is 0 Å². The van der Waals surface area contributed by atoms with Gasteiger partial charge in [-0.3, -0.25) is 4.79 Å². The number of carbonyl (C=O) groups is 1. The zero-order valence-corrected chi connectivity index (χ0v) is 15.2. The fraction of sp³-hybridized carbons (Fsp3) is 0.556. The van der Waals surface area contributed by atoms with Gasteiger partial charge >= 0.3 is 5.97 Å². The molecule has 0 radical (unpaired) electrons. The number of aryl methyl sites for hydroxylation is 1. The molecule has 25 heavy (non-hydrogen) atoms. The lowest BCUT2D eigenvalue weighted by molar-refractivity contribution is -0.143. The lowest BCUT2D eigenvalue weighted by Crippen LogP contribution is -2.19. The van der Waals surface area contributed by atoms with Gasteiger partial charge in [-0.1, -0.05) is 0 Å². The Morgan fingerprint density at radius 1 is 1.20 bits per heavy atom.